The van der Waals surface area contributed by atoms with Gasteiger partial charge in [0.15, 0.2) is 0 Å². The zero-order chi connectivity index (χ0) is 17.3. The lowest BCUT2D eigenvalue weighted by atomic mass is 10.1. The van der Waals surface area contributed by atoms with Gasteiger partial charge in [-0.2, -0.15) is 5.10 Å². The van der Waals surface area contributed by atoms with Gasteiger partial charge < -0.3 is 9.84 Å². The first-order valence-corrected chi connectivity index (χ1v) is 7.63. The Morgan fingerprint density at radius 1 is 1.29 bits per heavy atom. The number of carbonyl (C=O) groups is 1. The van der Waals surface area contributed by atoms with Crippen molar-refractivity contribution in [3.63, 3.8) is 0 Å². The number of nitrogens with zero attached hydrogens (tertiary/aromatic N) is 4. The van der Waals surface area contributed by atoms with Crippen molar-refractivity contribution in [2.24, 2.45) is 7.05 Å². The number of carbonyl (C=O) groups excluding carboxylic acids is 1. The molecule has 0 aliphatic rings. The van der Waals surface area contributed by atoms with E-state index in [1.165, 1.54) is 0 Å². The summed E-state index contributed by atoms with van der Waals surface area (Å²) in [6, 6.07) is 5.33. The molecule has 0 fully saturated rings. The van der Waals surface area contributed by atoms with E-state index in [9.17, 15) is 4.79 Å². The van der Waals surface area contributed by atoms with Crippen LogP contribution in [-0.4, -0.2) is 25.8 Å². The van der Waals surface area contributed by atoms with Gasteiger partial charge in [-0.25, -0.2) is 4.98 Å². The first-order chi connectivity index (χ1) is 11.5. The van der Waals surface area contributed by atoms with Crippen LogP contribution in [-0.2, 0) is 13.6 Å². The van der Waals surface area contributed by atoms with Gasteiger partial charge in [0.2, 0.25) is 0 Å². The van der Waals surface area contributed by atoms with Crippen molar-refractivity contribution in [1.29, 1.82) is 0 Å². The zero-order valence-electron chi connectivity index (χ0n) is 14.1. The highest BCUT2D eigenvalue weighted by Crippen LogP contribution is 2.25. The molecule has 7 nitrogen and oxygen atoms in total. The summed E-state index contributed by atoms with van der Waals surface area (Å²) < 4.78 is 6.95. The van der Waals surface area contributed by atoms with E-state index in [-0.39, 0.29) is 5.91 Å². The molecule has 0 aliphatic carbocycles. The normalized spacial score (nSPS) is 10.8. The van der Waals surface area contributed by atoms with E-state index in [0.29, 0.717) is 23.7 Å². The summed E-state index contributed by atoms with van der Waals surface area (Å²) in [6.45, 7) is 6.06. The third-order valence-electron chi connectivity index (χ3n) is 4.05. The van der Waals surface area contributed by atoms with Gasteiger partial charge in [-0.1, -0.05) is 11.2 Å². The molecule has 7 heteroatoms. The summed E-state index contributed by atoms with van der Waals surface area (Å²) in [4.78, 5) is 16.8. The Hall–Kier alpha value is -2.96. The van der Waals surface area contributed by atoms with Crippen LogP contribution in [0.5, 0.6) is 0 Å². The molecule has 0 aliphatic heterocycles. The summed E-state index contributed by atoms with van der Waals surface area (Å²) in [5, 5.41) is 11.0. The number of hydrogen-bond donors (Lipinski definition) is 1. The van der Waals surface area contributed by atoms with Gasteiger partial charge in [-0.05, 0) is 32.9 Å². The highest BCUT2D eigenvalue weighted by Gasteiger charge is 2.15. The van der Waals surface area contributed by atoms with Crippen LogP contribution in [0.2, 0.25) is 0 Å². The molecule has 0 aromatic carbocycles. The van der Waals surface area contributed by atoms with Gasteiger partial charge in [0.25, 0.3) is 5.91 Å². The smallest absolute Gasteiger partial charge is 0.270 e. The molecule has 3 aromatic rings. The standard InChI is InChI=1S/C17H19N5O2/c1-10-16(12(3)24-21-10)14-6-5-7-15(20-14)17(23)18-8-13-9-19-22(4)11(13)2/h5-7,9H,8H2,1-4H3,(H,18,23). The van der Waals surface area contributed by atoms with Crippen LogP contribution < -0.4 is 5.32 Å². The molecule has 3 rings (SSSR count). The first-order valence-electron chi connectivity index (χ1n) is 7.63. The molecular formula is C17H19N5O2. The third-order valence-corrected chi connectivity index (χ3v) is 4.05. The molecule has 0 saturated heterocycles. The van der Waals surface area contributed by atoms with Crippen LogP contribution in [0.1, 0.15) is 33.2 Å². The Morgan fingerprint density at radius 3 is 2.71 bits per heavy atom. The fourth-order valence-corrected chi connectivity index (χ4v) is 2.53. The van der Waals surface area contributed by atoms with Crippen molar-refractivity contribution in [3.05, 3.63) is 52.8 Å². The highest BCUT2D eigenvalue weighted by atomic mass is 16.5. The van der Waals surface area contributed by atoms with Crippen LogP contribution in [0.25, 0.3) is 11.3 Å². The Balaban J connectivity index is 1.79. The predicted octanol–water partition coefficient (Wildman–Crippen LogP) is 2.33. The highest BCUT2D eigenvalue weighted by molar-refractivity contribution is 5.92. The number of aromatic nitrogens is 4. The lowest BCUT2D eigenvalue weighted by Gasteiger charge is -2.06. The minimum Gasteiger partial charge on any atom is -0.361 e. The SMILES string of the molecule is Cc1noc(C)c1-c1cccc(C(=O)NCc2cnn(C)c2C)n1. The number of amides is 1. The van der Waals surface area contributed by atoms with E-state index in [1.807, 2.05) is 33.9 Å². The molecule has 24 heavy (non-hydrogen) atoms. The maximum Gasteiger partial charge on any atom is 0.270 e. The second-order valence-corrected chi connectivity index (χ2v) is 5.67. The van der Waals surface area contributed by atoms with Crippen molar-refractivity contribution >= 4 is 5.91 Å². The molecule has 0 atom stereocenters. The average molecular weight is 325 g/mol. The monoisotopic (exact) mass is 325 g/mol. The minimum absolute atomic E-state index is 0.230. The molecule has 1 N–H and O–H groups in total. The lowest BCUT2D eigenvalue weighted by molar-refractivity contribution is 0.0946. The second-order valence-electron chi connectivity index (χ2n) is 5.67. The van der Waals surface area contributed by atoms with E-state index in [4.69, 9.17) is 4.52 Å². The zero-order valence-corrected chi connectivity index (χ0v) is 14.1. The second kappa shape index (κ2) is 6.27. The van der Waals surface area contributed by atoms with Gasteiger partial charge in [-0.15, -0.1) is 0 Å². The maximum atomic E-state index is 12.4. The Bertz CT molecular complexity index is 875. The van der Waals surface area contributed by atoms with E-state index in [2.05, 4.69) is 20.6 Å². The largest absolute Gasteiger partial charge is 0.361 e. The molecule has 0 bridgehead atoms. The Labute approximate surface area is 139 Å². The third kappa shape index (κ3) is 2.92. The molecule has 124 valence electrons. The fourth-order valence-electron chi connectivity index (χ4n) is 2.53. The number of pyridine rings is 1. The summed E-state index contributed by atoms with van der Waals surface area (Å²) in [7, 11) is 1.87. The summed E-state index contributed by atoms with van der Waals surface area (Å²) in [5.74, 6) is 0.454. The van der Waals surface area contributed by atoms with Crippen molar-refractivity contribution < 1.29 is 9.32 Å². The molecule has 0 spiro atoms. The quantitative estimate of drug-likeness (QED) is 0.795. The lowest BCUT2D eigenvalue weighted by Crippen LogP contribution is -2.24. The molecule has 1 amide bonds. The van der Waals surface area contributed by atoms with Gasteiger partial charge >= 0.3 is 0 Å². The molecule has 3 aromatic heterocycles. The average Bonchev–Trinajstić information content (AvgIpc) is 3.08. The molecule has 0 saturated carbocycles. The number of nitrogens with one attached hydrogen (secondary N) is 1. The summed E-state index contributed by atoms with van der Waals surface area (Å²) in [6.07, 6.45) is 1.75. The van der Waals surface area contributed by atoms with Crippen molar-refractivity contribution in [3.8, 4) is 11.3 Å². The van der Waals surface area contributed by atoms with Gasteiger partial charge in [0.05, 0.1) is 23.1 Å². The van der Waals surface area contributed by atoms with E-state index in [0.717, 1.165) is 22.5 Å². The number of rotatable bonds is 4. The molecule has 0 unspecified atom stereocenters. The number of aryl methyl sites for hydroxylation is 3. The van der Waals surface area contributed by atoms with Crippen LogP contribution in [0.4, 0.5) is 0 Å². The summed E-state index contributed by atoms with van der Waals surface area (Å²) in [5.41, 5.74) is 4.61. The summed E-state index contributed by atoms with van der Waals surface area (Å²) >= 11 is 0. The van der Waals surface area contributed by atoms with Gasteiger partial charge in [0.1, 0.15) is 11.5 Å². The Morgan fingerprint density at radius 2 is 2.08 bits per heavy atom. The van der Waals surface area contributed by atoms with Gasteiger partial charge in [0, 0.05) is 24.8 Å². The predicted molar refractivity (Wildman–Crippen MR) is 88.3 cm³/mol. The van der Waals surface area contributed by atoms with Gasteiger partial charge in [-0.3, -0.25) is 9.48 Å². The van der Waals surface area contributed by atoms with E-state index in [1.54, 1.807) is 23.0 Å². The number of hydrogen-bond acceptors (Lipinski definition) is 5. The van der Waals surface area contributed by atoms with E-state index < -0.39 is 0 Å². The van der Waals surface area contributed by atoms with Crippen molar-refractivity contribution in [2.75, 3.05) is 0 Å². The maximum absolute atomic E-state index is 12.4. The van der Waals surface area contributed by atoms with Crippen molar-refractivity contribution in [1.82, 2.24) is 25.2 Å². The topological polar surface area (TPSA) is 85.8 Å². The molecule has 3 heterocycles. The molecule has 0 radical (unpaired) electrons. The van der Waals surface area contributed by atoms with Crippen molar-refractivity contribution in [2.45, 2.75) is 27.3 Å². The minimum atomic E-state index is -0.230. The van der Waals surface area contributed by atoms with Crippen LogP contribution >= 0.6 is 0 Å². The van der Waals surface area contributed by atoms with Crippen LogP contribution in [0, 0.1) is 20.8 Å². The molecular weight excluding hydrogens is 306 g/mol. The first kappa shape index (κ1) is 15.9. The van der Waals surface area contributed by atoms with Crippen LogP contribution in [0.3, 0.4) is 0 Å². The fraction of sp³-hybridized carbons (Fsp3) is 0.294. The Kier molecular flexibility index (Phi) is 4.16. The van der Waals surface area contributed by atoms with Crippen LogP contribution in [0.15, 0.2) is 28.9 Å². The van der Waals surface area contributed by atoms with E-state index >= 15 is 0 Å².